The number of benzene rings is 1. The van der Waals surface area contributed by atoms with Gasteiger partial charge >= 0.3 is 0 Å². The van der Waals surface area contributed by atoms with Gasteiger partial charge in [0, 0.05) is 63.0 Å². The molecular weight excluding hydrogens is 374 g/mol. The fraction of sp³-hybridized carbons (Fsp3) is 0.458. The van der Waals surface area contributed by atoms with Gasteiger partial charge in [-0.05, 0) is 41.7 Å². The van der Waals surface area contributed by atoms with E-state index in [0.29, 0.717) is 12.5 Å². The van der Waals surface area contributed by atoms with E-state index in [0.717, 1.165) is 56.2 Å². The molecule has 6 heteroatoms. The molecule has 1 aromatic carbocycles. The second-order valence-corrected chi connectivity index (χ2v) is 8.30. The van der Waals surface area contributed by atoms with Crippen LogP contribution in [0.3, 0.4) is 0 Å². The van der Waals surface area contributed by atoms with Crippen molar-refractivity contribution in [1.29, 1.82) is 0 Å². The monoisotopic (exact) mass is 405 g/mol. The topological polar surface area (TPSA) is 60.8 Å². The van der Waals surface area contributed by atoms with Crippen LogP contribution in [0.1, 0.15) is 44.2 Å². The van der Waals surface area contributed by atoms with Crippen LogP contribution in [0.25, 0.3) is 10.9 Å². The van der Waals surface area contributed by atoms with Gasteiger partial charge in [0.05, 0.1) is 12.1 Å². The molecule has 6 nitrogen and oxygen atoms in total. The Hall–Kier alpha value is -2.89. The molecule has 158 valence electrons. The maximum absolute atomic E-state index is 11.5. The number of hydrogen-bond donors (Lipinski definition) is 1. The van der Waals surface area contributed by atoms with Crippen LogP contribution < -0.4 is 5.32 Å². The molecule has 0 saturated carbocycles. The molecule has 1 amide bonds. The Morgan fingerprint density at radius 2 is 2.00 bits per heavy atom. The lowest BCUT2D eigenvalue weighted by Gasteiger charge is -2.34. The second-order valence-electron chi connectivity index (χ2n) is 8.30. The fourth-order valence-electron chi connectivity index (χ4n) is 4.01. The highest BCUT2D eigenvalue weighted by Gasteiger charge is 2.22. The van der Waals surface area contributed by atoms with E-state index in [-0.39, 0.29) is 5.91 Å². The number of piperazine rings is 1. The maximum Gasteiger partial charge on any atom is 0.219 e. The van der Waals surface area contributed by atoms with Crippen LogP contribution in [-0.2, 0) is 11.3 Å². The largest absolute Gasteiger partial charge is 0.383 e. The van der Waals surface area contributed by atoms with Crippen molar-refractivity contribution in [3.05, 3.63) is 53.4 Å². The summed E-state index contributed by atoms with van der Waals surface area (Å²) in [6, 6.07) is 8.83. The predicted molar refractivity (Wildman–Crippen MR) is 122 cm³/mol. The van der Waals surface area contributed by atoms with Crippen LogP contribution in [0.2, 0.25) is 0 Å². The van der Waals surface area contributed by atoms with Crippen LogP contribution >= 0.6 is 0 Å². The van der Waals surface area contributed by atoms with Gasteiger partial charge in [0.25, 0.3) is 0 Å². The Labute approximate surface area is 178 Å². The molecule has 1 aromatic heterocycles. The predicted octanol–water partition coefficient (Wildman–Crippen LogP) is 3.30. The third-order valence-corrected chi connectivity index (χ3v) is 6.23. The van der Waals surface area contributed by atoms with Gasteiger partial charge < -0.3 is 15.1 Å². The molecule has 2 aliphatic rings. The highest BCUT2D eigenvalue weighted by molar-refractivity contribution is 5.95. The number of amides is 1. The molecule has 30 heavy (non-hydrogen) atoms. The Morgan fingerprint density at radius 3 is 2.73 bits per heavy atom. The van der Waals surface area contributed by atoms with Crippen molar-refractivity contribution >= 4 is 22.6 Å². The quantitative estimate of drug-likeness (QED) is 0.829. The van der Waals surface area contributed by atoms with Crippen molar-refractivity contribution in [2.75, 3.05) is 32.7 Å². The molecule has 0 spiro atoms. The number of carbonyl (C=O) groups excluding carboxylic acids is 1. The smallest absolute Gasteiger partial charge is 0.219 e. The molecule has 1 unspecified atom stereocenters. The molecule has 1 saturated heterocycles. The van der Waals surface area contributed by atoms with Crippen molar-refractivity contribution in [2.45, 2.75) is 39.7 Å². The van der Waals surface area contributed by atoms with Gasteiger partial charge in [-0.2, -0.15) is 0 Å². The Kier molecular flexibility index (Phi) is 6.02. The summed E-state index contributed by atoms with van der Waals surface area (Å²) >= 11 is 0. The lowest BCUT2D eigenvalue weighted by atomic mass is 9.97. The van der Waals surface area contributed by atoms with Crippen LogP contribution in [0.4, 0.5) is 0 Å². The van der Waals surface area contributed by atoms with Crippen molar-refractivity contribution in [2.24, 2.45) is 4.99 Å². The summed E-state index contributed by atoms with van der Waals surface area (Å²) in [6.45, 7) is 10.8. The van der Waals surface area contributed by atoms with E-state index in [1.165, 1.54) is 16.5 Å². The first kappa shape index (κ1) is 20.4. The third-order valence-electron chi connectivity index (χ3n) is 6.23. The molecule has 3 heterocycles. The maximum atomic E-state index is 11.5. The van der Waals surface area contributed by atoms with Gasteiger partial charge in [0.2, 0.25) is 5.91 Å². The Balaban J connectivity index is 1.36. The minimum absolute atomic E-state index is 0.154. The summed E-state index contributed by atoms with van der Waals surface area (Å²) in [7, 11) is 0. The summed E-state index contributed by atoms with van der Waals surface area (Å²) in [5.41, 5.74) is 4.72. The fourth-order valence-corrected chi connectivity index (χ4v) is 4.01. The molecule has 1 fully saturated rings. The number of hydrogen-bond acceptors (Lipinski definition) is 5. The van der Waals surface area contributed by atoms with E-state index in [2.05, 4.69) is 64.4 Å². The van der Waals surface area contributed by atoms with Crippen LogP contribution in [0.5, 0.6) is 0 Å². The second kappa shape index (κ2) is 8.86. The molecule has 2 aromatic rings. The molecule has 0 radical (unpaired) electrons. The minimum Gasteiger partial charge on any atom is -0.383 e. The van der Waals surface area contributed by atoms with Crippen LogP contribution in [0.15, 0.2) is 47.2 Å². The molecule has 1 atom stereocenters. The van der Waals surface area contributed by atoms with E-state index < -0.39 is 0 Å². The summed E-state index contributed by atoms with van der Waals surface area (Å²) in [5, 5.41) is 4.72. The number of carbonyl (C=O) groups is 1. The molecule has 0 bridgehead atoms. The minimum atomic E-state index is 0.154. The van der Waals surface area contributed by atoms with Gasteiger partial charge in [-0.25, -0.2) is 0 Å². The normalized spacial score (nSPS) is 17.7. The van der Waals surface area contributed by atoms with E-state index in [1.807, 2.05) is 11.1 Å². The highest BCUT2D eigenvalue weighted by atomic mass is 16.2. The molecular formula is C24H31N5O. The van der Waals surface area contributed by atoms with E-state index in [4.69, 9.17) is 0 Å². The zero-order valence-corrected chi connectivity index (χ0v) is 18.2. The van der Waals surface area contributed by atoms with Crippen molar-refractivity contribution in [3.63, 3.8) is 0 Å². The average molecular weight is 406 g/mol. The zero-order valence-electron chi connectivity index (χ0n) is 18.2. The summed E-state index contributed by atoms with van der Waals surface area (Å²) in [6.07, 6.45) is 5.23. The number of pyridine rings is 1. The van der Waals surface area contributed by atoms with Crippen LogP contribution in [-0.4, -0.2) is 59.3 Å². The van der Waals surface area contributed by atoms with Crippen LogP contribution in [0, 0.1) is 0 Å². The van der Waals surface area contributed by atoms with Gasteiger partial charge in [-0.15, -0.1) is 0 Å². The highest BCUT2D eigenvalue weighted by Crippen LogP contribution is 2.23. The van der Waals surface area contributed by atoms with E-state index in [9.17, 15) is 4.79 Å². The standard InChI is InChI=1S/C24H31N5O/c1-4-17(2)20-5-6-23-21(12-20)11-19(15-26-23)14-25-22-13-24(27-16-22)29-9-7-28(8-10-29)18(3)30/h5-6,11-13,15,17,25H,4,7-10,14,16H2,1-3H3. The van der Waals surface area contributed by atoms with Gasteiger partial charge in [-0.1, -0.05) is 19.9 Å². The van der Waals surface area contributed by atoms with Crippen molar-refractivity contribution < 1.29 is 4.79 Å². The average Bonchev–Trinajstić information content (AvgIpc) is 3.25. The zero-order chi connectivity index (χ0) is 21.1. The third kappa shape index (κ3) is 4.48. The molecule has 0 aliphatic carbocycles. The number of rotatable bonds is 5. The number of amidine groups is 1. The number of fused-ring (bicyclic) bond motifs is 1. The van der Waals surface area contributed by atoms with E-state index in [1.54, 1.807) is 6.92 Å². The van der Waals surface area contributed by atoms with Crippen molar-refractivity contribution in [3.8, 4) is 0 Å². The summed E-state index contributed by atoms with van der Waals surface area (Å²) < 4.78 is 0. The first-order chi connectivity index (χ1) is 14.5. The first-order valence-corrected chi connectivity index (χ1v) is 10.9. The number of nitrogens with one attached hydrogen (secondary N) is 1. The number of aliphatic imine (C=N–C) groups is 1. The van der Waals surface area contributed by atoms with Gasteiger partial charge in [0.1, 0.15) is 5.84 Å². The van der Waals surface area contributed by atoms with Gasteiger partial charge in [0.15, 0.2) is 0 Å². The lowest BCUT2D eigenvalue weighted by molar-refractivity contribution is -0.130. The molecule has 4 rings (SSSR count). The SMILES string of the molecule is CCC(C)c1ccc2ncc(CNC3=CC(N4CCN(C(C)=O)CC4)=NC3)cc2c1. The van der Waals surface area contributed by atoms with E-state index >= 15 is 0 Å². The molecule has 2 aliphatic heterocycles. The lowest BCUT2D eigenvalue weighted by Crippen LogP contribution is -2.49. The first-order valence-electron chi connectivity index (χ1n) is 10.9. The summed E-state index contributed by atoms with van der Waals surface area (Å²) in [4.78, 5) is 25.0. The number of aromatic nitrogens is 1. The van der Waals surface area contributed by atoms with Crippen molar-refractivity contribution in [1.82, 2.24) is 20.1 Å². The summed E-state index contributed by atoms with van der Waals surface area (Å²) in [5.74, 6) is 1.74. The van der Waals surface area contributed by atoms with Gasteiger partial charge in [-0.3, -0.25) is 14.8 Å². The number of nitrogens with zero attached hydrogens (tertiary/aromatic N) is 4. The Morgan fingerprint density at radius 1 is 1.20 bits per heavy atom. The molecule has 1 N–H and O–H groups in total. The Bertz CT molecular complexity index is 988.